The summed E-state index contributed by atoms with van der Waals surface area (Å²) in [5.41, 5.74) is 0.984. The first-order valence-electron chi connectivity index (χ1n) is 7.28. The fourth-order valence-corrected chi connectivity index (χ4v) is 2.04. The Balaban J connectivity index is 2.81. The van der Waals surface area contributed by atoms with Gasteiger partial charge in [0.1, 0.15) is 6.61 Å². The van der Waals surface area contributed by atoms with Gasteiger partial charge in [-0.3, -0.25) is 0 Å². The van der Waals surface area contributed by atoms with Gasteiger partial charge in [0.15, 0.2) is 11.5 Å². The van der Waals surface area contributed by atoms with Crippen LogP contribution in [-0.4, -0.2) is 32.5 Å². The van der Waals surface area contributed by atoms with Gasteiger partial charge >= 0.3 is 0 Å². The molecule has 1 N–H and O–H groups in total. The van der Waals surface area contributed by atoms with E-state index in [1.807, 2.05) is 19.9 Å². The highest BCUT2D eigenvalue weighted by Crippen LogP contribution is 2.34. The molecular formula is C16H26ClNO3. The van der Waals surface area contributed by atoms with Gasteiger partial charge in [-0.1, -0.05) is 25.4 Å². The first-order chi connectivity index (χ1) is 9.93. The molecule has 0 amide bonds. The Kier molecular flexibility index (Phi) is 7.86. The minimum Gasteiger partial charge on any atom is -0.493 e. The second-order valence-corrected chi connectivity index (χ2v) is 5.84. The van der Waals surface area contributed by atoms with E-state index in [0.29, 0.717) is 36.6 Å². The van der Waals surface area contributed by atoms with Crippen LogP contribution in [0.3, 0.4) is 0 Å². The average molecular weight is 316 g/mol. The maximum Gasteiger partial charge on any atom is 0.165 e. The molecule has 0 aliphatic heterocycles. The molecule has 21 heavy (non-hydrogen) atoms. The van der Waals surface area contributed by atoms with E-state index in [0.717, 1.165) is 11.3 Å². The van der Waals surface area contributed by atoms with Crippen LogP contribution in [0.2, 0.25) is 5.02 Å². The van der Waals surface area contributed by atoms with E-state index < -0.39 is 0 Å². The minimum absolute atomic E-state index is 0.197. The molecule has 4 nitrogen and oxygen atoms in total. The molecule has 0 radical (unpaired) electrons. The molecule has 120 valence electrons. The summed E-state index contributed by atoms with van der Waals surface area (Å²) >= 11 is 6.13. The second kappa shape index (κ2) is 9.13. The number of methoxy groups -OCH3 is 1. The fourth-order valence-electron chi connectivity index (χ4n) is 1.81. The third-order valence-corrected chi connectivity index (χ3v) is 3.02. The van der Waals surface area contributed by atoms with Crippen molar-refractivity contribution in [2.75, 3.05) is 20.3 Å². The maximum absolute atomic E-state index is 6.13. The van der Waals surface area contributed by atoms with Crippen LogP contribution in [0.25, 0.3) is 0 Å². The lowest BCUT2D eigenvalue weighted by molar-refractivity contribution is 0.0544. The van der Waals surface area contributed by atoms with E-state index in [4.69, 9.17) is 25.8 Å². The molecule has 0 saturated heterocycles. The van der Waals surface area contributed by atoms with Crippen molar-refractivity contribution in [1.29, 1.82) is 0 Å². The van der Waals surface area contributed by atoms with E-state index in [1.54, 1.807) is 13.2 Å². The molecule has 0 bridgehead atoms. The van der Waals surface area contributed by atoms with Gasteiger partial charge in [0.05, 0.1) is 19.8 Å². The Morgan fingerprint density at radius 1 is 1.14 bits per heavy atom. The summed E-state index contributed by atoms with van der Waals surface area (Å²) in [5.74, 6) is 1.37. The molecule has 0 aliphatic rings. The van der Waals surface area contributed by atoms with E-state index in [9.17, 15) is 0 Å². The first kappa shape index (κ1) is 18.1. The van der Waals surface area contributed by atoms with Crippen LogP contribution in [0.5, 0.6) is 11.5 Å². The highest BCUT2D eigenvalue weighted by Gasteiger charge is 2.13. The van der Waals surface area contributed by atoms with E-state index >= 15 is 0 Å². The molecule has 0 heterocycles. The summed E-state index contributed by atoms with van der Waals surface area (Å²) in [7, 11) is 1.61. The van der Waals surface area contributed by atoms with Gasteiger partial charge < -0.3 is 19.5 Å². The Morgan fingerprint density at radius 3 is 2.43 bits per heavy atom. The van der Waals surface area contributed by atoms with Crippen molar-refractivity contribution in [1.82, 2.24) is 5.32 Å². The molecule has 0 aromatic heterocycles. The fraction of sp³-hybridized carbons (Fsp3) is 0.625. The lowest BCUT2D eigenvalue weighted by Crippen LogP contribution is -2.22. The molecule has 5 heteroatoms. The molecule has 1 aromatic rings. The number of ether oxygens (including phenoxy) is 3. The molecule has 0 saturated carbocycles. The van der Waals surface area contributed by atoms with Crippen LogP contribution in [0.15, 0.2) is 12.1 Å². The zero-order chi connectivity index (χ0) is 15.8. The number of hydrogen-bond acceptors (Lipinski definition) is 4. The molecule has 1 aromatic carbocycles. The number of halogens is 1. The standard InChI is InChI=1S/C16H26ClNO3/c1-11(2)18-10-13-8-14(17)9-15(19-5)16(13)21-7-6-20-12(3)4/h8-9,11-12,18H,6-7,10H2,1-5H3. The molecule has 0 fully saturated rings. The Morgan fingerprint density at radius 2 is 1.86 bits per heavy atom. The van der Waals surface area contributed by atoms with Gasteiger partial charge in [0.2, 0.25) is 0 Å². The van der Waals surface area contributed by atoms with Crippen molar-refractivity contribution < 1.29 is 14.2 Å². The zero-order valence-corrected chi connectivity index (χ0v) is 14.3. The van der Waals surface area contributed by atoms with Crippen molar-refractivity contribution in [3.05, 3.63) is 22.7 Å². The summed E-state index contributed by atoms with van der Waals surface area (Å²) < 4.78 is 16.7. The van der Waals surface area contributed by atoms with Crippen LogP contribution in [-0.2, 0) is 11.3 Å². The number of rotatable bonds is 9. The summed E-state index contributed by atoms with van der Waals surface area (Å²) in [6.45, 7) is 9.89. The van der Waals surface area contributed by atoms with Crippen LogP contribution in [0.1, 0.15) is 33.3 Å². The molecule has 0 atom stereocenters. The number of hydrogen-bond donors (Lipinski definition) is 1. The maximum atomic E-state index is 6.13. The largest absolute Gasteiger partial charge is 0.493 e. The van der Waals surface area contributed by atoms with Crippen molar-refractivity contribution in [2.45, 2.75) is 46.4 Å². The Hall–Kier alpha value is -0.970. The zero-order valence-electron chi connectivity index (χ0n) is 13.5. The highest BCUT2D eigenvalue weighted by molar-refractivity contribution is 6.30. The van der Waals surface area contributed by atoms with Gasteiger partial charge in [-0.05, 0) is 19.9 Å². The van der Waals surface area contributed by atoms with Gasteiger partial charge in [0, 0.05) is 29.2 Å². The highest BCUT2D eigenvalue weighted by atomic mass is 35.5. The third kappa shape index (κ3) is 6.55. The number of benzene rings is 1. The van der Waals surface area contributed by atoms with Gasteiger partial charge in [0.25, 0.3) is 0 Å². The van der Waals surface area contributed by atoms with E-state index in [-0.39, 0.29) is 6.10 Å². The summed E-state index contributed by atoms with van der Waals surface area (Å²) in [5, 5.41) is 4.00. The molecule has 0 spiro atoms. The summed E-state index contributed by atoms with van der Waals surface area (Å²) in [6.07, 6.45) is 0.197. The first-order valence-corrected chi connectivity index (χ1v) is 7.66. The third-order valence-electron chi connectivity index (χ3n) is 2.80. The van der Waals surface area contributed by atoms with Crippen molar-refractivity contribution in [3.8, 4) is 11.5 Å². The lowest BCUT2D eigenvalue weighted by atomic mass is 10.1. The van der Waals surface area contributed by atoms with Crippen molar-refractivity contribution in [3.63, 3.8) is 0 Å². The minimum atomic E-state index is 0.197. The van der Waals surface area contributed by atoms with Gasteiger partial charge in [-0.15, -0.1) is 0 Å². The summed E-state index contributed by atoms with van der Waals surface area (Å²) in [6, 6.07) is 4.05. The smallest absolute Gasteiger partial charge is 0.165 e. The van der Waals surface area contributed by atoms with Crippen LogP contribution in [0, 0.1) is 0 Å². The molecule has 1 rings (SSSR count). The monoisotopic (exact) mass is 315 g/mol. The van der Waals surface area contributed by atoms with Gasteiger partial charge in [-0.25, -0.2) is 0 Å². The summed E-state index contributed by atoms with van der Waals surface area (Å²) in [4.78, 5) is 0. The SMILES string of the molecule is COc1cc(Cl)cc(CNC(C)C)c1OCCOC(C)C. The number of nitrogens with one attached hydrogen (secondary N) is 1. The predicted molar refractivity (Wildman–Crippen MR) is 86.6 cm³/mol. The lowest BCUT2D eigenvalue weighted by Gasteiger charge is -2.17. The average Bonchev–Trinajstić information content (AvgIpc) is 2.41. The van der Waals surface area contributed by atoms with Crippen LogP contribution in [0.4, 0.5) is 0 Å². The second-order valence-electron chi connectivity index (χ2n) is 5.40. The molecule has 0 aliphatic carbocycles. The van der Waals surface area contributed by atoms with E-state index in [2.05, 4.69) is 19.2 Å². The van der Waals surface area contributed by atoms with Crippen LogP contribution >= 0.6 is 11.6 Å². The van der Waals surface area contributed by atoms with Gasteiger partial charge in [-0.2, -0.15) is 0 Å². The molecule has 0 unspecified atom stereocenters. The topological polar surface area (TPSA) is 39.7 Å². The van der Waals surface area contributed by atoms with Crippen molar-refractivity contribution >= 4 is 11.6 Å². The normalized spacial score (nSPS) is 11.2. The van der Waals surface area contributed by atoms with Crippen molar-refractivity contribution in [2.24, 2.45) is 0 Å². The Labute approximate surface area is 132 Å². The quantitative estimate of drug-likeness (QED) is 0.706. The van der Waals surface area contributed by atoms with E-state index in [1.165, 1.54) is 0 Å². The Bertz CT molecular complexity index is 436. The van der Waals surface area contributed by atoms with Crippen LogP contribution < -0.4 is 14.8 Å². The molecular weight excluding hydrogens is 290 g/mol. The predicted octanol–water partition coefficient (Wildman–Crippen LogP) is 3.65.